The fourth-order valence-electron chi connectivity index (χ4n) is 2.80. The van der Waals surface area contributed by atoms with Gasteiger partial charge in [0.05, 0.1) is 22.0 Å². The van der Waals surface area contributed by atoms with Crippen molar-refractivity contribution in [2.24, 2.45) is 0 Å². The number of carbonyl (C=O) groups is 1. The van der Waals surface area contributed by atoms with Gasteiger partial charge < -0.3 is 14.8 Å². The number of ether oxygens (including phenoxy) is 2. The molecule has 1 saturated heterocycles. The number of non-ortho nitro benzene ring substituents is 1. The van der Waals surface area contributed by atoms with Crippen molar-refractivity contribution in [3.8, 4) is 5.75 Å². The molecule has 1 N–H and O–H groups in total. The minimum absolute atomic E-state index is 0.0426. The van der Waals surface area contributed by atoms with Crippen molar-refractivity contribution in [1.29, 1.82) is 0 Å². The fraction of sp³-hybridized carbons (Fsp3) is 0.278. The zero-order chi connectivity index (χ0) is 20.1. The number of nitrogens with zero attached hydrogens (tertiary/aromatic N) is 2. The van der Waals surface area contributed by atoms with Crippen molar-refractivity contribution in [3.05, 3.63) is 68.3 Å². The van der Waals surface area contributed by atoms with Crippen molar-refractivity contribution in [1.82, 2.24) is 0 Å². The molecule has 0 radical (unpaired) electrons. The lowest BCUT2D eigenvalue weighted by Gasteiger charge is -2.12. The molecule has 1 heterocycles. The third-order valence-corrected chi connectivity index (χ3v) is 4.19. The predicted molar refractivity (Wildman–Crippen MR) is 98.6 cm³/mol. The van der Waals surface area contributed by atoms with E-state index in [0.717, 1.165) is 37.6 Å². The molecule has 1 aliphatic heterocycles. The molecule has 0 aliphatic carbocycles. The highest BCUT2D eigenvalue weighted by Crippen LogP contribution is 2.26. The van der Waals surface area contributed by atoms with Crippen LogP contribution < -0.4 is 10.1 Å². The summed E-state index contributed by atoms with van der Waals surface area (Å²) in [6, 6.07) is 9.45. The molecule has 1 unspecified atom stereocenters. The van der Waals surface area contributed by atoms with Gasteiger partial charge in [0.25, 0.3) is 17.3 Å². The zero-order valence-electron chi connectivity index (χ0n) is 14.7. The summed E-state index contributed by atoms with van der Waals surface area (Å²) in [6.45, 7) is 1.11. The monoisotopic (exact) mass is 387 g/mol. The van der Waals surface area contributed by atoms with E-state index in [0.29, 0.717) is 18.0 Å². The minimum Gasteiger partial charge on any atom is -0.491 e. The molecule has 0 aromatic heterocycles. The van der Waals surface area contributed by atoms with Gasteiger partial charge in [0.1, 0.15) is 17.9 Å². The van der Waals surface area contributed by atoms with Gasteiger partial charge in [0.15, 0.2) is 0 Å². The number of benzene rings is 2. The number of nitro groups is 2. The Morgan fingerprint density at radius 3 is 2.68 bits per heavy atom. The smallest absolute Gasteiger partial charge is 0.289 e. The van der Waals surface area contributed by atoms with Crippen molar-refractivity contribution < 1.29 is 24.1 Å². The second-order valence-electron chi connectivity index (χ2n) is 6.14. The molecule has 0 bridgehead atoms. The number of nitrogens with one attached hydrogen (secondary N) is 1. The van der Waals surface area contributed by atoms with Crippen molar-refractivity contribution in [3.63, 3.8) is 0 Å². The molecule has 1 fully saturated rings. The van der Waals surface area contributed by atoms with E-state index < -0.39 is 27.1 Å². The first-order valence-corrected chi connectivity index (χ1v) is 8.52. The summed E-state index contributed by atoms with van der Waals surface area (Å²) in [5, 5.41) is 24.5. The van der Waals surface area contributed by atoms with Crippen LogP contribution in [0, 0.1) is 20.2 Å². The maximum atomic E-state index is 12.5. The lowest BCUT2D eigenvalue weighted by Crippen LogP contribution is -2.16. The highest BCUT2D eigenvalue weighted by atomic mass is 16.6. The Morgan fingerprint density at radius 2 is 2.00 bits per heavy atom. The number of anilines is 1. The van der Waals surface area contributed by atoms with Crippen molar-refractivity contribution in [2.75, 3.05) is 18.5 Å². The van der Waals surface area contributed by atoms with Gasteiger partial charge in [-0.2, -0.15) is 0 Å². The van der Waals surface area contributed by atoms with Crippen molar-refractivity contribution in [2.45, 2.75) is 18.9 Å². The number of carbonyl (C=O) groups excluding carboxylic acids is 1. The molecule has 10 heteroatoms. The normalized spacial score (nSPS) is 15.8. The number of amides is 1. The SMILES string of the molecule is O=C(Nc1cccc(OCC2CCCO2)c1)c1ccc([N+](=O)[O-])cc1[N+](=O)[O-]. The van der Waals surface area contributed by atoms with E-state index in [9.17, 15) is 25.0 Å². The third kappa shape index (κ3) is 4.60. The minimum atomic E-state index is -0.830. The van der Waals surface area contributed by atoms with E-state index in [1.165, 1.54) is 0 Å². The molecule has 1 aliphatic rings. The summed E-state index contributed by atoms with van der Waals surface area (Å²) in [6.07, 6.45) is 1.97. The Morgan fingerprint density at radius 1 is 1.18 bits per heavy atom. The summed E-state index contributed by atoms with van der Waals surface area (Å²) in [5.74, 6) is -0.232. The van der Waals surface area contributed by atoms with Crippen LogP contribution in [0.2, 0.25) is 0 Å². The van der Waals surface area contributed by atoms with E-state index in [4.69, 9.17) is 9.47 Å². The predicted octanol–water partition coefficient (Wildman–Crippen LogP) is 3.31. The number of nitro benzene ring substituents is 2. The Hall–Kier alpha value is -3.53. The van der Waals surface area contributed by atoms with Gasteiger partial charge >= 0.3 is 0 Å². The standard InChI is InChI=1S/C18H17N3O7/c22-18(16-7-6-13(20(23)24)10-17(16)21(25)26)19-12-3-1-4-14(9-12)28-11-15-5-2-8-27-15/h1,3-4,6-7,9-10,15H,2,5,8,11H2,(H,19,22). The molecular weight excluding hydrogens is 370 g/mol. The number of rotatable bonds is 7. The largest absolute Gasteiger partial charge is 0.491 e. The summed E-state index contributed by atoms with van der Waals surface area (Å²) in [5.41, 5.74) is -1.01. The highest BCUT2D eigenvalue weighted by molar-refractivity contribution is 6.07. The van der Waals surface area contributed by atoms with Crippen LogP contribution in [0.3, 0.4) is 0 Å². The topological polar surface area (TPSA) is 134 Å². The van der Waals surface area contributed by atoms with Gasteiger partial charge in [-0.25, -0.2) is 0 Å². The molecular formula is C18H17N3O7. The maximum absolute atomic E-state index is 12.5. The zero-order valence-corrected chi connectivity index (χ0v) is 14.7. The molecule has 10 nitrogen and oxygen atoms in total. The average molecular weight is 387 g/mol. The molecule has 0 spiro atoms. The Bertz CT molecular complexity index is 910. The van der Waals surface area contributed by atoms with Crippen LogP contribution in [0.4, 0.5) is 17.1 Å². The van der Waals surface area contributed by atoms with Gasteiger partial charge in [0, 0.05) is 24.4 Å². The summed E-state index contributed by atoms with van der Waals surface area (Å²) < 4.78 is 11.1. The van der Waals surface area contributed by atoms with E-state index >= 15 is 0 Å². The van der Waals surface area contributed by atoms with Gasteiger partial charge in [-0.3, -0.25) is 25.0 Å². The highest BCUT2D eigenvalue weighted by Gasteiger charge is 2.24. The molecule has 1 amide bonds. The Balaban J connectivity index is 1.73. The molecule has 2 aromatic rings. The van der Waals surface area contributed by atoms with Crippen LogP contribution in [0.25, 0.3) is 0 Å². The quantitative estimate of drug-likeness (QED) is 0.569. The van der Waals surface area contributed by atoms with Crippen LogP contribution in [0.1, 0.15) is 23.2 Å². The lowest BCUT2D eigenvalue weighted by molar-refractivity contribution is -0.394. The van der Waals surface area contributed by atoms with E-state index in [2.05, 4.69) is 5.32 Å². The van der Waals surface area contributed by atoms with Gasteiger partial charge in [0.2, 0.25) is 0 Å². The first-order valence-electron chi connectivity index (χ1n) is 8.52. The van der Waals surface area contributed by atoms with E-state index in [-0.39, 0.29) is 11.7 Å². The van der Waals surface area contributed by atoms with Crippen LogP contribution in [0.15, 0.2) is 42.5 Å². The van der Waals surface area contributed by atoms with Crippen molar-refractivity contribution >= 4 is 23.0 Å². The molecule has 28 heavy (non-hydrogen) atoms. The number of hydrogen-bond acceptors (Lipinski definition) is 7. The Labute approximate surface area is 159 Å². The van der Waals surface area contributed by atoms with E-state index in [1.807, 2.05) is 0 Å². The molecule has 146 valence electrons. The summed E-state index contributed by atoms with van der Waals surface area (Å²) in [7, 11) is 0. The Kier molecular flexibility index (Phi) is 5.80. The first kappa shape index (κ1) is 19.2. The first-order chi connectivity index (χ1) is 13.4. The molecule has 3 rings (SSSR count). The molecule has 1 atom stereocenters. The van der Waals surface area contributed by atoms with Crippen LogP contribution in [-0.4, -0.2) is 35.1 Å². The van der Waals surface area contributed by atoms with E-state index in [1.54, 1.807) is 24.3 Å². The third-order valence-electron chi connectivity index (χ3n) is 4.19. The van der Waals surface area contributed by atoms with Crippen LogP contribution >= 0.6 is 0 Å². The van der Waals surface area contributed by atoms with Gasteiger partial charge in [-0.15, -0.1) is 0 Å². The lowest BCUT2D eigenvalue weighted by atomic mass is 10.1. The second-order valence-corrected chi connectivity index (χ2v) is 6.14. The van der Waals surface area contributed by atoms with Crippen LogP contribution in [0.5, 0.6) is 5.75 Å². The fourth-order valence-corrected chi connectivity index (χ4v) is 2.80. The maximum Gasteiger partial charge on any atom is 0.289 e. The summed E-state index contributed by atoms with van der Waals surface area (Å²) in [4.78, 5) is 32.9. The molecule has 2 aromatic carbocycles. The van der Waals surface area contributed by atoms with Gasteiger partial charge in [-0.1, -0.05) is 6.07 Å². The van der Waals surface area contributed by atoms with Gasteiger partial charge in [-0.05, 0) is 31.0 Å². The second kappa shape index (κ2) is 8.44. The number of hydrogen-bond donors (Lipinski definition) is 1. The summed E-state index contributed by atoms with van der Waals surface area (Å²) >= 11 is 0. The van der Waals surface area contributed by atoms with Crippen LogP contribution in [-0.2, 0) is 4.74 Å². The molecule has 0 saturated carbocycles. The average Bonchev–Trinajstić information content (AvgIpc) is 3.19.